The van der Waals surface area contributed by atoms with Gasteiger partial charge in [-0.3, -0.25) is 4.79 Å². The number of ether oxygens (including phenoxy) is 2. The molecule has 0 aliphatic carbocycles. The molecule has 0 N–H and O–H groups in total. The van der Waals surface area contributed by atoms with Gasteiger partial charge in [0.1, 0.15) is 5.60 Å². The zero-order valence-electron chi connectivity index (χ0n) is 11.5. The van der Waals surface area contributed by atoms with E-state index in [1.807, 2.05) is 26.0 Å². The Bertz CT molecular complexity index is 547. The Morgan fingerprint density at radius 1 is 1.42 bits per heavy atom. The molecule has 0 saturated heterocycles. The standard InChI is InChI=1S/C15H17FO3/c1-9(14(17)18-4)11-7-10-5-6-15(2,3)19-13(10)12(16)8-11/h5-9H,1-4H3. The molecule has 1 unspecified atom stereocenters. The fraction of sp³-hybridized carbons (Fsp3) is 0.400. The molecule has 0 fully saturated rings. The Hall–Kier alpha value is -1.84. The lowest BCUT2D eigenvalue weighted by Crippen LogP contribution is -2.28. The average molecular weight is 264 g/mol. The van der Waals surface area contributed by atoms with Crippen molar-refractivity contribution in [2.24, 2.45) is 0 Å². The first-order chi connectivity index (χ1) is 8.84. The number of esters is 1. The number of halogens is 1. The predicted octanol–water partition coefficient (Wildman–Crippen LogP) is 3.29. The highest BCUT2D eigenvalue weighted by atomic mass is 19.1. The molecule has 0 bridgehead atoms. The third-order valence-corrected chi connectivity index (χ3v) is 3.18. The summed E-state index contributed by atoms with van der Waals surface area (Å²) in [6.45, 7) is 5.40. The van der Waals surface area contributed by atoms with E-state index < -0.39 is 17.3 Å². The van der Waals surface area contributed by atoms with Crippen molar-refractivity contribution in [3.05, 3.63) is 35.2 Å². The molecule has 0 saturated carbocycles. The van der Waals surface area contributed by atoms with E-state index in [1.54, 1.807) is 13.0 Å². The van der Waals surface area contributed by atoms with Crippen molar-refractivity contribution in [3.63, 3.8) is 0 Å². The highest BCUT2D eigenvalue weighted by molar-refractivity contribution is 5.78. The molecule has 2 rings (SSSR count). The average Bonchev–Trinajstić information content (AvgIpc) is 2.37. The molecule has 1 aliphatic rings. The first kappa shape index (κ1) is 13.6. The minimum atomic E-state index is -0.524. The molecule has 1 heterocycles. The van der Waals surface area contributed by atoms with E-state index in [-0.39, 0.29) is 11.7 Å². The number of carbonyl (C=O) groups excluding carboxylic acids is 1. The predicted molar refractivity (Wildman–Crippen MR) is 70.6 cm³/mol. The van der Waals surface area contributed by atoms with Crippen LogP contribution in [-0.2, 0) is 9.53 Å². The van der Waals surface area contributed by atoms with E-state index in [0.717, 1.165) is 0 Å². The summed E-state index contributed by atoms with van der Waals surface area (Å²) in [7, 11) is 1.32. The van der Waals surface area contributed by atoms with Crippen LogP contribution in [0.3, 0.4) is 0 Å². The van der Waals surface area contributed by atoms with E-state index in [9.17, 15) is 9.18 Å². The number of benzene rings is 1. The molecular weight excluding hydrogens is 247 g/mol. The van der Waals surface area contributed by atoms with Crippen molar-refractivity contribution in [1.29, 1.82) is 0 Å². The second-order valence-corrected chi connectivity index (χ2v) is 5.20. The highest BCUT2D eigenvalue weighted by Crippen LogP contribution is 2.35. The fourth-order valence-corrected chi connectivity index (χ4v) is 2.02. The van der Waals surface area contributed by atoms with Gasteiger partial charge in [-0.1, -0.05) is 6.08 Å². The van der Waals surface area contributed by atoms with Gasteiger partial charge in [0.05, 0.1) is 13.0 Å². The molecule has 19 heavy (non-hydrogen) atoms. The summed E-state index contributed by atoms with van der Waals surface area (Å²) < 4.78 is 24.4. The van der Waals surface area contributed by atoms with Crippen molar-refractivity contribution in [3.8, 4) is 5.75 Å². The van der Waals surface area contributed by atoms with Gasteiger partial charge in [-0.25, -0.2) is 4.39 Å². The van der Waals surface area contributed by atoms with E-state index in [0.29, 0.717) is 11.1 Å². The van der Waals surface area contributed by atoms with Gasteiger partial charge in [-0.2, -0.15) is 0 Å². The lowest BCUT2D eigenvalue weighted by molar-refractivity contribution is -0.141. The van der Waals surface area contributed by atoms with Crippen LogP contribution >= 0.6 is 0 Å². The topological polar surface area (TPSA) is 35.5 Å². The van der Waals surface area contributed by atoms with Gasteiger partial charge in [-0.05, 0) is 44.5 Å². The van der Waals surface area contributed by atoms with Crippen LogP contribution in [0.25, 0.3) is 6.08 Å². The third-order valence-electron chi connectivity index (χ3n) is 3.18. The number of carbonyl (C=O) groups is 1. The second kappa shape index (κ2) is 4.68. The maximum atomic E-state index is 14.1. The van der Waals surface area contributed by atoms with E-state index >= 15 is 0 Å². The Balaban J connectivity index is 2.43. The Kier molecular flexibility index (Phi) is 3.35. The quantitative estimate of drug-likeness (QED) is 0.769. The molecule has 0 amide bonds. The van der Waals surface area contributed by atoms with E-state index in [4.69, 9.17) is 4.74 Å². The van der Waals surface area contributed by atoms with Crippen LogP contribution in [0.15, 0.2) is 18.2 Å². The Morgan fingerprint density at radius 3 is 2.74 bits per heavy atom. The van der Waals surface area contributed by atoms with Gasteiger partial charge in [0.2, 0.25) is 0 Å². The molecule has 0 aromatic heterocycles. The zero-order chi connectivity index (χ0) is 14.2. The zero-order valence-corrected chi connectivity index (χ0v) is 11.5. The van der Waals surface area contributed by atoms with Crippen molar-refractivity contribution in [2.75, 3.05) is 7.11 Å². The van der Waals surface area contributed by atoms with Gasteiger partial charge < -0.3 is 9.47 Å². The Labute approximate surface area is 112 Å². The molecule has 1 atom stereocenters. The summed E-state index contributed by atoms with van der Waals surface area (Å²) in [6, 6.07) is 3.08. The number of hydrogen-bond donors (Lipinski definition) is 0. The van der Waals surface area contributed by atoms with Gasteiger partial charge in [-0.15, -0.1) is 0 Å². The molecule has 102 valence electrons. The first-order valence-corrected chi connectivity index (χ1v) is 6.13. The van der Waals surface area contributed by atoms with Crippen LogP contribution in [-0.4, -0.2) is 18.7 Å². The van der Waals surface area contributed by atoms with E-state index in [2.05, 4.69) is 4.74 Å². The van der Waals surface area contributed by atoms with Crippen LogP contribution in [0, 0.1) is 5.82 Å². The lowest BCUT2D eigenvalue weighted by atomic mass is 9.95. The van der Waals surface area contributed by atoms with Crippen LogP contribution in [0.4, 0.5) is 4.39 Å². The summed E-state index contributed by atoms with van der Waals surface area (Å²) >= 11 is 0. The van der Waals surface area contributed by atoms with Crippen molar-refractivity contribution in [1.82, 2.24) is 0 Å². The maximum absolute atomic E-state index is 14.1. The molecule has 1 aromatic rings. The molecule has 4 heteroatoms. The maximum Gasteiger partial charge on any atom is 0.312 e. The second-order valence-electron chi connectivity index (χ2n) is 5.20. The third kappa shape index (κ3) is 2.62. The van der Waals surface area contributed by atoms with Gasteiger partial charge in [0.15, 0.2) is 11.6 Å². The molecular formula is C15H17FO3. The SMILES string of the molecule is COC(=O)C(C)c1cc(F)c2c(c1)C=CC(C)(C)O2. The number of fused-ring (bicyclic) bond motifs is 1. The van der Waals surface area contributed by atoms with Crippen molar-refractivity contribution in [2.45, 2.75) is 32.3 Å². The summed E-state index contributed by atoms with van der Waals surface area (Å²) in [5.41, 5.74) is 0.699. The molecule has 0 spiro atoms. The number of hydrogen-bond acceptors (Lipinski definition) is 3. The van der Waals surface area contributed by atoms with Crippen molar-refractivity contribution < 1.29 is 18.7 Å². The minimum absolute atomic E-state index is 0.230. The van der Waals surface area contributed by atoms with Gasteiger partial charge in [0.25, 0.3) is 0 Å². The van der Waals surface area contributed by atoms with Gasteiger partial charge in [0, 0.05) is 5.56 Å². The highest BCUT2D eigenvalue weighted by Gasteiger charge is 2.26. The molecule has 0 radical (unpaired) electrons. The summed E-state index contributed by atoms with van der Waals surface area (Å²) in [5, 5.41) is 0. The molecule has 1 aromatic carbocycles. The number of rotatable bonds is 2. The molecule has 3 nitrogen and oxygen atoms in total. The van der Waals surface area contributed by atoms with Gasteiger partial charge >= 0.3 is 5.97 Å². The fourth-order valence-electron chi connectivity index (χ4n) is 2.02. The smallest absolute Gasteiger partial charge is 0.312 e. The first-order valence-electron chi connectivity index (χ1n) is 6.13. The van der Waals surface area contributed by atoms with Crippen molar-refractivity contribution >= 4 is 12.0 Å². The minimum Gasteiger partial charge on any atom is -0.480 e. The molecule has 1 aliphatic heterocycles. The lowest BCUT2D eigenvalue weighted by Gasteiger charge is -2.28. The summed E-state index contributed by atoms with van der Waals surface area (Å²) in [5.74, 6) is -1.12. The Morgan fingerprint density at radius 2 is 2.11 bits per heavy atom. The van der Waals surface area contributed by atoms with Crippen LogP contribution in [0.2, 0.25) is 0 Å². The largest absolute Gasteiger partial charge is 0.480 e. The van der Waals surface area contributed by atoms with Crippen LogP contribution < -0.4 is 4.74 Å². The summed E-state index contributed by atoms with van der Waals surface area (Å²) in [6.07, 6.45) is 3.68. The van der Waals surface area contributed by atoms with E-state index in [1.165, 1.54) is 13.2 Å². The normalized spacial score (nSPS) is 17.3. The monoisotopic (exact) mass is 264 g/mol. The summed E-state index contributed by atoms with van der Waals surface area (Å²) in [4.78, 5) is 11.5. The number of methoxy groups -OCH3 is 1. The van der Waals surface area contributed by atoms with Crippen LogP contribution in [0.5, 0.6) is 5.75 Å². The van der Waals surface area contributed by atoms with Crippen LogP contribution in [0.1, 0.15) is 37.8 Å².